The fraction of sp³-hybridized carbons (Fsp3) is 0.273. The van der Waals surface area contributed by atoms with Crippen LogP contribution >= 0.6 is 0 Å². The van der Waals surface area contributed by atoms with Gasteiger partial charge in [0, 0.05) is 13.0 Å². The second kappa shape index (κ2) is 5.45. The van der Waals surface area contributed by atoms with E-state index in [0.717, 1.165) is 12.1 Å². The first kappa shape index (κ1) is 14.3. The first-order valence-corrected chi connectivity index (χ1v) is 7.22. The summed E-state index contributed by atoms with van der Waals surface area (Å²) < 4.78 is 39.0. The lowest BCUT2D eigenvalue weighted by molar-refractivity contribution is -0.137. The van der Waals surface area contributed by atoms with Gasteiger partial charge in [-0.3, -0.25) is 9.79 Å². The molecule has 0 radical (unpaired) electrons. The van der Waals surface area contributed by atoms with E-state index in [0.29, 0.717) is 6.42 Å². The van der Waals surface area contributed by atoms with Crippen molar-refractivity contribution in [2.24, 2.45) is 4.99 Å². The zero-order valence-electron chi connectivity index (χ0n) is 10.3. The molecule has 9 heteroatoms. The minimum absolute atomic E-state index is 0.00510. The summed E-state index contributed by atoms with van der Waals surface area (Å²) in [5, 5.41) is 11.2. The Balaban J connectivity index is 2.16. The summed E-state index contributed by atoms with van der Waals surface area (Å²) in [6, 6.07) is 3.34. The van der Waals surface area contributed by atoms with Crippen LogP contribution in [0, 0.1) is 5.82 Å². The molecule has 1 aromatic carbocycles. The molecule has 0 amide bonds. The first-order valence-electron chi connectivity index (χ1n) is 5.74. The van der Waals surface area contributed by atoms with Crippen molar-refractivity contribution in [3.05, 3.63) is 24.0 Å². The number of carboxylic acid groups (broad SMARTS) is 1. The van der Waals surface area contributed by atoms with Gasteiger partial charge in [-0.1, -0.05) is 0 Å². The highest BCUT2D eigenvalue weighted by Crippen LogP contribution is 2.25. The van der Waals surface area contributed by atoms with Crippen LogP contribution in [0.4, 0.5) is 10.1 Å². The van der Waals surface area contributed by atoms with E-state index in [1.807, 2.05) is 0 Å². The maximum absolute atomic E-state index is 13.1. The molecule has 0 saturated carbocycles. The van der Waals surface area contributed by atoms with Crippen LogP contribution in [-0.2, 0) is 14.8 Å². The van der Waals surface area contributed by atoms with Crippen molar-refractivity contribution in [3.8, 4) is 0 Å². The number of aliphatic carboxylic acids is 1. The summed E-state index contributed by atoms with van der Waals surface area (Å²) in [6.07, 6.45) is 0.240. The Labute approximate surface area is 114 Å². The molecule has 0 aromatic heterocycles. The minimum Gasteiger partial charge on any atom is -0.481 e. The summed E-state index contributed by atoms with van der Waals surface area (Å²) in [6.45, 7) is 0.160. The van der Waals surface area contributed by atoms with Gasteiger partial charge in [-0.05, 0) is 24.6 Å². The second-order valence-electron chi connectivity index (χ2n) is 4.10. The van der Waals surface area contributed by atoms with Gasteiger partial charge in [0.2, 0.25) is 5.96 Å². The van der Waals surface area contributed by atoms with Gasteiger partial charge in [0.05, 0.1) is 5.69 Å². The van der Waals surface area contributed by atoms with E-state index < -0.39 is 21.8 Å². The van der Waals surface area contributed by atoms with Crippen molar-refractivity contribution in [1.82, 2.24) is 4.72 Å². The number of carbonyl (C=O) groups is 1. The second-order valence-corrected chi connectivity index (χ2v) is 5.75. The topological polar surface area (TPSA) is 108 Å². The molecule has 0 bridgehead atoms. The first-order chi connectivity index (χ1) is 9.38. The highest BCUT2D eigenvalue weighted by atomic mass is 32.2. The third-order valence-corrected chi connectivity index (χ3v) is 3.91. The Hall–Kier alpha value is -2.16. The molecule has 0 spiro atoms. The number of benzene rings is 1. The van der Waals surface area contributed by atoms with Gasteiger partial charge >= 0.3 is 5.97 Å². The van der Waals surface area contributed by atoms with Gasteiger partial charge in [-0.15, -0.1) is 0 Å². The Bertz CT molecular complexity index is 672. The molecule has 7 nitrogen and oxygen atoms in total. The number of hydrogen-bond donors (Lipinski definition) is 3. The Kier molecular flexibility index (Phi) is 3.89. The normalized spacial score (nSPS) is 17.9. The standard InChI is InChI=1S/C11H12FN3O4S/c12-7-3-4-8-9(6-7)20(18,19)15-11(14-8)13-5-1-2-10(16)17/h3-4,6H,1-2,5H2,(H,16,17)(H2,13,14,15). The van der Waals surface area contributed by atoms with Crippen molar-refractivity contribution < 1.29 is 22.7 Å². The molecule has 0 atom stereocenters. The lowest BCUT2D eigenvalue weighted by Gasteiger charge is -2.21. The van der Waals surface area contributed by atoms with Gasteiger partial charge in [-0.2, -0.15) is 0 Å². The van der Waals surface area contributed by atoms with Crippen LogP contribution in [0.5, 0.6) is 0 Å². The molecule has 1 aliphatic heterocycles. The van der Waals surface area contributed by atoms with E-state index in [2.05, 4.69) is 15.0 Å². The van der Waals surface area contributed by atoms with Gasteiger partial charge in [0.25, 0.3) is 10.0 Å². The quantitative estimate of drug-likeness (QED) is 0.711. The SMILES string of the molecule is O=C(O)CCCN=C1Nc2ccc(F)cc2S(=O)(=O)N1. The lowest BCUT2D eigenvalue weighted by atomic mass is 10.3. The smallest absolute Gasteiger partial charge is 0.303 e. The van der Waals surface area contributed by atoms with Gasteiger partial charge < -0.3 is 10.4 Å². The molecule has 0 aliphatic carbocycles. The van der Waals surface area contributed by atoms with Crippen molar-refractivity contribution in [1.29, 1.82) is 0 Å². The number of carboxylic acids is 1. The van der Waals surface area contributed by atoms with Crippen molar-refractivity contribution in [3.63, 3.8) is 0 Å². The number of anilines is 1. The number of aliphatic imine (C=N–C) groups is 1. The van der Waals surface area contributed by atoms with Crippen LogP contribution in [0.15, 0.2) is 28.1 Å². The molecule has 0 unspecified atom stereocenters. The lowest BCUT2D eigenvalue weighted by Crippen LogP contribution is -2.40. The Morgan fingerprint density at radius 3 is 2.85 bits per heavy atom. The van der Waals surface area contributed by atoms with E-state index in [4.69, 9.17) is 5.11 Å². The van der Waals surface area contributed by atoms with Crippen molar-refractivity contribution >= 4 is 27.6 Å². The largest absolute Gasteiger partial charge is 0.481 e. The number of rotatable bonds is 4. The van der Waals surface area contributed by atoms with Gasteiger partial charge in [0.15, 0.2) is 0 Å². The monoisotopic (exact) mass is 301 g/mol. The predicted molar refractivity (Wildman–Crippen MR) is 69.5 cm³/mol. The molecular weight excluding hydrogens is 289 g/mol. The predicted octanol–water partition coefficient (Wildman–Crippen LogP) is 0.750. The fourth-order valence-corrected chi connectivity index (χ4v) is 2.81. The number of guanidine groups is 1. The average molecular weight is 301 g/mol. The van der Waals surface area contributed by atoms with E-state index in [9.17, 15) is 17.6 Å². The summed E-state index contributed by atoms with van der Waals surface area (Å²) in [7, 11) is -3.87. The van der Waals surface area contributed by atoms with E-state index in [-0.39, 0.29) is 29.5 Å². The number of halogens is 1. The summed E-state index contributed by atoms with van der Waals surface area (Å²) in [5.74, 6) is -1.60. The average Bonchev–Trinajstić information content (AvgIpc) is 2.35. The van der Waals surface area contributed by atoms with Crippen LogP contribution in [0.3, 0.4) is 0 Å². The number of fused-ring (bicyclic) bond motifs is 1. The van der Waals surface area contributed by atoms with E-state index in [1.54, 1.807) is 0 Å². The number of hydrogen-bond acceptors (Lipinski definition) is 4. The molecule has 1 heterocycles. The summed E-state index contributed by atoms with van der Waals surface area (Å²) >= 11 is 0. The Morgan fingerprint density at radius 1 is 1.40 bits per heavy atom. The molecule has 1 aromatic rings. The molecule has 0 saturated heterocycles. The molecule has 20 heavy (non-hydrogen) atoms. The van der Waals surface area contributed by atoms with E-state index >= 15 is 0 Å². The number of sulfonamides is 1. The van der Waals surface area contributed by atoms with Crippen LogP contribution in [0.1, 0.15) is 12.8 Å². The van der Waals surface area contributed by atoms with Crippen molar-refractivity contribution in [2.75, 3.05) is 11.9 Å². The summed E-state index contributed by atoms with van der Waals surface area (Å²) in [4.78, 5) is 14.1. The fourth-order valence-electron chi connectivity index (χ4n) is 1.65. The summed E-state index contributed by atoms with van der Waals surface area (Å²) in [5.41, 5.74) is 0.224. The van der Waals surface area contributed by atoms with Gasteiger partial charge in [-0.25, -0.2) is 17.5 Å². The molecule has 108 valence electrons. The zero-order valence-corrected chi connectivity index (χ0v) is 11.1. The van der Waals surface area contributed by atoms with Crippen LogP contribution < -0.4 is 10.0 Å². The number of nitrogens with one attached hydrogen (secondary N) is 2. The van der Waals surface area contributed by atoms with Crippen molar-refractivity contribution in [2.45, 2.75) is 17.7 Å². The highest BCUT2D eigenvalue weighted by molar-refractivity contribution is 7.90. The molecule has 2 rings (SSSR count). The van der Waals surface area contributed by atoms with E-state index in [1.165, 1.54) is 6.07 Å². The molecule has 1 aliphatic rings. The zero-order chi connectivity index (χ0) is 14.8. The van der Waals surface area contributed by atoms with Crippen LogP contribution in [0.2, 0.25) is 0 Å². The Morgan fingerprint density at radius 2 is 2.15 bits per heavy atom. The maximum Gasteiger partial charge on any atom is 0.303 e. The highest BCUT2D eigenvalue weighted by Gasteiger charge is 2.26. The van der Waals surface area contributed by atoms with Crippen LogP contribution in [-0.4, -0.2) is 32.0 Å². The third-order valence-electron chi connectivity index (χ3n) is 2.54. The van der Waals surface area contributed by atoms with Crippen LogP contribution in [0.25, 0.3) is 0 Å². The number of nitrogens with zero attached hydrogens (tertiary/aromatic N) is 1. The van der Waals surface area contributed by atoms with Gasteiger partial charge in [0.1, 0.15) is 10.7 Å². The maximum atomic E-state index is 13.1. The minimum atomic E-state index is -3.87. The molecule has 0 fully saturated rings. The molecular formula is C11H12FN3O4S. The molecule has 3 N–H and O–H groups in total. The third kappa shape index (κ3) is 3.23.